The summed E-state index contributed by atoms with van der Waals surface area (Å²) in [6, 6.07) is 11.1. The fourth-order valence-electron chi connectivity index (χ4n) is 2.82. The van der Waals surface area contributed by atoms with Crippen LogP contribution in [0.15, 0.2) is 52.1 Å². The van der Waals surface area contributed by atoms with E-state index in [1.165, 1.54) is 29.9 Å². The van der Waals surface area contributed by atoms with Crippen LogP contribution in [-0.4, -0.2) is 35.3 Å². The number of fused-ring (bicyclic) bond motifs is 1. The van der Waals surface area contributed by atoms with E-state index in [1.54, 1.807) is 24.3 Å². The number of para-hydroxylation sites is 1. The number of hydrogen-bond donors (Lipinski definition) is 1. The molecule has 7 nitrogen and oxygen atoms in total. The highest BCUT2D eigenvalue weighted by Gasteiger charge is 2.17. The number of nitrogens with zero attached hydrogens (tertiary/aromatic N) is 2. The molecule has 0 unspecified atom stereocenters. The molecule has 28 heavy (non-hydrogen) atoms. The van der Waals surface area contributed by atoms with Gasteiger partial charge in [-0.3, -0.25) is 14.2 Å². The van der Waals surface area contributed by atoms with Crippen LogP contribution in [0.5, 0.6) is 0 Å². The predicted molar refractivity (Wildman–Crippen MR) is 109 cm³/mol. The van der Waals surface area contributed by atoms with Crippen LogP contribution in [0.25, 0.3) is 16.6 Å². The quantitative estimate of drug-likeness (QED) is 0.618. The second-order valence-electron chi connectivity index (χ2n) is 5.97. The molecule has 1 aromatic heterocycles. The first-order valence-corrected chi connectivity index (χ1v) is 9.15. The standard InChI is InChI=1S/C19H17Cl2N3O4/c1-28-9-8-22-17(25)11-23-16-5-3-2-4-13(16)18(26)24(19(23)27)12-6-7-14(20)15(21)10-12/h2-7,10H,8-9,11H2,1H3,(H,22,25). The lowest BCUT2D eigenvalue weighted by Crippen LogP contribution is -2.42. The molecule has 3 aromatic rings. The number of methoxy groups -OCH3 is 1. The maximum absolute atomic E-state index is 13.1. The fraction of sp³-hybridized carbons (Fsp3) is 0.211. The average molecular weight is 422 g/mol. The normalized spacial score (nSPS) is 11.0. The molecule has 0 aliphatic carbocycles. The van der Waals surface area contributed by atoms with Gasteiger partial charge in [0.25, 0.3) is 5.56 Å². The Kier molecular flexibility index (Phi) is 6.18. The van der Waals surface area contributed by atoms with Gasteiger partial charge in [-0.2, -0.15) is 0 Å². The molecule has 0 bridgehead atoms. The van der Waals surface area contributed by atoms with Crippen molar-refractivity contribution in [1.29, 1.82) is 0 Å². The van der Waals surface area contributed by atoms with Gasteiger partial charge in [-0.1, -0.05) is 35.3 Å². The van der Waals surface area contributed by atoms with Gasteiger partial charge in [-0.05, 0) is 30.3 Å². The van der Waals surface area contributed by atoms with Crippen molar-refractivity contribution >= 4 is 40.0 Å². The smallest absolute Gasteiger partial charge is 0.336 e. The van der Waals surface area contributed by atoms with Crippen LogP contribution in [0.1, 0.15) is 0 Å². The number of carbonyl (C=O) groups is 1. The molecule has 0 saturated carbocycles. The van der Waals surface area contributed by atoms with Crippen molar-refractivity contribution in [3.05, 3.63) is 73.3 Å². The largest absolute Gasteiger partial charge is 0.383 e. The molecule has 0 atom stereocenters. The van der Waals surface area contributed by atoms with Crippen LogP contribution >= 0.6 is 23.2 Å². The fourth-order valence-corrected chi connectivity index (χ4v) is 3.11. The number of benzene rings is 2. The van der Waals surface area contributed by atoms with Crippen LogP contribution in [0.2, 0.25) is 10.0 Å². The van der Waals surface area contributed by atoms with E-state index in [2.05, 4.69) is 5.32 Å². The Morgan fingerprint density at radius 2 is 1.86 bits per heavy atom. The van der Waals surface area contributed by atoms with Crippen LogP contribution in [-0.2, 0) is 16.1 Å². The molecule has 3 rings (SSSR count). The lowest BCUT2D eigenvalue weighted by molar-refractivity contribution is -0.121. The van der Waals surface area contributed by atoms with Gasteiger partial charge < -0.3 is 10.1 Å². The zero-order chi connectivity index (χ0) is 20.3. The summed E-state index contributed by atoms with van der Waals surface area (Å²) in [6.45, 7) is 0.420. The zero-order valence-electron chi connectivity index (χ0n) is 14.9. The van der Waals surface area contributed by atoms with Gasteiger partial charge in [0.1, 0.15) is 6.54 Å². The van der Waals surface area contributed by atoms with Gasteiger partial charge in [0.2, 0.25) is 5.91 Å². The first-order chi connectivity index (χ1) is 13.4. The minimum Gasteiger partial charge on any atom is -0.383 e. The Bertz CT molecular complexity index is 1150. The highest BCUT2D eigenvalue weighted by molar-refractivity contribution is 6.42. The number of hydrogen-bond acceptors (Lipinski definition) is 4. The maximum Gasteiger partial charge on any atom is 0.336 e. The number of carbonyl (C=O) groups excluding carboxylic acids is 1. The van der Waals surface area contributed by atoms with Crippen molar-refractivity contribution in [2.45, 2.75) is 6.54 Å². The van der Waals surface area contributed by atoms with E-state index in [9.17, 15) is 14.4 Å². The Morgan fingerprint density at radius 3 is 2.57 bits per heavy atom. The number of amides is 1. The molecule has 2 aromatic carbocycles. The minimum absolute atomic E-state index is 0.211. The molecule has 0 radical (unpaired) electrons. The first kappa shape index (κ1) is 20.1. The van der Waals surface area contributed by atoms with Gasteiger partial charge in [0.15, 0.2) is 0 Å². The summed E-state index contributed by atoms with van der Waals surface area (Å²) in [6.07, 6.45) is 0. The van der Waals surface area contributed by atoms with E-state index in [1.807, 2.05) is 0 Å². The third-order valence-electron chi connectivity index (χ3n) is 4.14. The van der Waals surface area contributed by atoms with Gasteiger partial charge >= 0.3 is 5.69 Å². The van der Waals surface area contributed by atoms with Crippen molar-refractivity contribution < 1.29 is 9.53 Å². The summed E-state index contributed by atoms with van der Waals surface area (Å²) in [4.78, 5) is 38.3. The molecule has 0 fully saturated rings. The molecule has 146 valence electrons. The number of halogens is 2. The number of nitrogens with one attached hydrogen (secondary N) is 1. The van der Waals surface area contributed by atoms with E-state index in [0.717, 1.165) is 4.57 Å². The van der Waals surface area contributed by atoms with Gasteiger partial charge in [0.05, 0.1) is 33.2 Å². The van der Waals surface area contributed by atoms with Crippen LogP contribution in [0.3, 0.4) is 0 Å². The van der Waals surface area contributed by atoms with Gasteiger partial charge in [0, 0.05) is 13.7 Å². The van der Waals surface area contributed by atoms with Crippen molar-refractivity contribution in [3.63, 3.8) is 0 Å². The van der Waals surface area contributed by atoms with E-state index < -0.39 is 11.2 Å². The maximum atomic E-state index is 13.1. The molecular weight excluding hydrogens is 405 g/mol. The van der Waals surface area contributed by atoms with Crippen molar-refractivity contribution in [2.24, 2.45) is 0 Å². The van der Waals surface area contributed by atoms with E-state index in [4.69, 9.17) is 27.9 Å². The number of rotatable bonds is 6. The average Bonchev–Trinajstić information content (AvgIpc) is 2.68. The number of ether oxygens (including phenoxy) is 1. The van der Waals surface area contributed by atoms with Crippen molar-refractivity contribution in [2.75, 3.05) is 20.3 Å². The third-order valence-corrected chi connectivity index (χ3v) is 4.88. The van der Waals surface area contributed by atoms with E-state index >= 15 is 0 Å². The Labute approximate surface area is 170 Å². The van der Waals surface area contributed by atoms with E-state index in [-0.39, 0.29) is 23.2 Å². The third kappa shape index (κ3) is 3.96. The molecule has 0 spiro atoms. The number of aromatic nitrogens is 2. The topological polar surface area (TPSA) is 82.3 Å². The Morgan fingerprint density at radius 1 is 1.11 bits per heavy atom. The zero-order valence-corrected chi connectivity index (χ0v) is 16.5. The van der Waals surface area contributed by atoms with Crippen LogP contribution < -0.4 is 16.6 Å². The summed E-state index contributed by atoms with van der Waals surface area (Å²) >= 11 is 12.0. The van der Waals surface area contributed by atoms with E-state index in [0.29, 0.717) is 29.1 Å². The summed E-state index contributed by atoms with van der Waals surface area (Å²) in [7, 11) is 1.53. The SMILES string of the molecule is COCCNC(=O)Cn1c(=O)n(-c2ccc(Cl)c(Cl)c2)c(=O)c2ccccc21. The summed E-state index contributed by atoms with van der Waals surface area (Å²) in [5.41, 5.74) is -0.515. The molecule has 0 aliphatic heterocycles. The molecule has 1 heterocycles. The summed E-state index contributed by atoms with van der Waals surface area (Å²) in [5.74, 6) is -0.372. The van der Waals surface area contributed by atoms with Gasteiger partial charge in [-0.15, -0.1) is 0 Å². The lowest BCUT2D eigenvalue weighted by Gasteiger charge is -2.14. The molecule has 1 amide bonds. The second kappa shape index (κ2) is 8.60. The van der Waals surface area contributed by atoms with Crippen molar-refractivity contribution in [1.82, 2.24) is 14.5 Å². The highest BCUT2D eigenvalue weighted by atomic mass is 35.5. The van der Waals surface area contributed by atoms with Crippen LogP contribution in [0, 0.1) is 0 Å². The molecule has 0 saturated heterocycles. The van der Waals surface area contributed by atoms with Gasteiger partial charge in [-0.25, -0.2) is 9.36 Å². The van der Waals surface area contributed by atoms with Crippen molar-refractivity contribution in [3.8, 4) is 5.69 Å². The molecule has 9 heteroatoms. The summed E-state index contributed by atoms with van der Waals surface area (Å²) in [5, 5.41) is 3.48. The highest BCUT2D eigenvalue weighted by Crippen LogP contribution is 2.23. The predicted octanol–water partition coefficient (Wildman–Crippen LogP) is 2.22. The molecular formula is C19H17Cl2N3O4. The Balaban J connectivity index is 2.18. The molecule has 1 N–H and O–H groups in total. The second-order valence-corrected chi connectivity index (χ2v) is 6.78. The first-order valence-electron chi connectivity index (χ1n) is 8.39. The lowest BCUT2D eigenvalue weighted by atomic mass is 10.2. The Hall–Kier alpha value is -2.61. The molecule has 0 aliphatic rings. The monoisotopic (exact) mass is 421 g/mol. The minimum atomic E-state index is -0.649. The van der Waals surface area contributed by atoms with Crippen LogP contribution in [0.4, 0.5) is 0 Å². The summed E-state index contributed by atoms with van der Waals surface area (Å²) < 4.78 is 7.13.